The van der Waals surface area contributed by atoms with Crippen LogP contribution in [0.25, 0.3) is 0 Å². The van der Waals surface area contributed by atoms with Crippen molar-refractivity contribution in [2.24, 2.45) is 7.05 Å². The number of nitrogens with one attached hydrogen (secondary N) is 1. The molecule has 1 heterocycles. The number of anilines is 1. The molecule has 6 heteroatoms. The number of aromatic nitrogens is 1. The van der Waals surface area contributed by atoms with Crippen molar-refractivity contribution in [2.45, 2.75) is 13.3 Å². The molecule has 1 amide bonds. The summed E-state index contributed by atoms with van der Waals surface area (Å²) >= 11 is 0. The first kappa shape index (κ1) is 13.1. The molecule has 0 bridgehead atoms. The first-order chi connectivity index (χ1) is 8.04. The van der Waals surface area contributed by atoms with E-state index in [1.165, 1.54) is 6.07 Å². The Kier molecular flexibility index (Phi) is 4.56. The van der Waals surface area contributed by atoms with Gasteiger partial charge in [0.25, 0.3) is 5.91 Å². The molecule has 1 aromatic heterocycles. The van der Waals surface area contributed by atoms with Gasteiger partial charge in [0.15, 0.2) is 6.61 Å². The smallest absolute Gasteiger partial charge is 0.355 e. The molecule has 0 aliphatic rings. The van der Waals surface area contributed by atoms with Gasteiger partial charge < -0.3 is 20.4 Å². The second kappa shape index (κ2) is 5.93. The maximum Gasteiger partial charge on any atom is 0.355 e. The lowest BCUT2D eigenvalue weighted by Gasteiger charge is -2.05. The number of carbonyl (C=O) groups excluding carboxylic acids is 2. The number of rotatable bonds is 5. The average molecular weight is 239 g/mol. The predicted molar refractivity (Wildman–Crippen MR) is 63.4 cm³/mol. The molecule has 0 saturated carbocycles. The van der Waals surface area contributed by atoms with E-state index < -0.39 is 5.97 Å². The highest BCUT2D eigenvalue weighted by Gasteiger charge is 2.13. The van der Waals surface area contributed by atoms with Crippen LogP contribution in [-0.2, 0) is 16.6 Å². The second-order valence-corrected chi connectivity index (χ2v) is 3.70. The molecular weight excluding hydrogens is 222 g/mol. The summed E-state index contributed by atoms with van der Waals surface area (Å²) in [7, 11) is 1.68. The molecule has 1 rings (SSSR count). The number of nitrogens with two attached hydrogens (primary N) is 1. The van der Waals surface area contributed by atoms with Crippen molar-refractivity contribution in [1.29, 1.82) is 0 Å². The summed E-state index contributed by atoms with van der Waals surface area (Å²) in [5.74, 6) is -0.863. The highest BCUT2D eigenvalue weighted by Crippen LogP contribution is 2.09. The highest BCUT2D eigenvalue weighted by molar-refractivity contribution is 5.90. The lowest BCUT2D eigenvalue weighted by molar-refractivity contribution is -0.124. The Morgan fingerprint density at radius 3 is 2.76 bits per heavy atom. The number of nitrogens with zero attached hydrogens (tertiary/aromatic N) is 1. The number of carbonyl (C=O) groups is 2. The Morgan fingerprint density at radius 1 is 1.53 bits per heavy atom. The minimum atomic E-state index is -0.559. The zero-order valence-corrected chi connectivity index (χ0v) is 10.0. The lowest BCUT2D eigenvalue weighted by Crippen LogP contribution is -2.29. The van der Waals surface area contributed by atoms with Crippen LogP contribution in [0.1, 0.15) is 23.8 Å². The van der Waals surface area contributed by atoms with E-state index in [1.807, 2.05) is 6.92 Å². The third kappa shape index (κ3) is 3.82. The molecule has 0 unspecified atom stereocenters. The fourth-order valence-corrected chi connectivity index (χ4v) is 1.31. The molecule has 17 heavy (non-hydrogen) atoms. The fourth-order valence-electron chi connectivity index (χ4n) is 1.31. The Bertz CT molecular complexity index is 412. The van der Waals surface area contributed by atoms with Crippen LogP contribution in [0.2, 0.25) is 0 Å². The minimum Gasteiger partial charge on any atom is -0.451 e. The van der Waals surface area contributed by atoms with Crippen LogP contribution in [0.15, 0.2) is 12.3 Å². The lowest BCUT2D eigenvalue weighted by atomic mass is 10.4. The van der Waals surface area contributed by atoms with Crippen LogP contribution in [0.5, 0.6) is 0 Å². The van der Waals surface area contributed by atoms with Gasteiger partial charge in [-0.25, -0.2) is 4.79 Å². The van der Waals surface area contributed by atoms with E-state index in [0.29, 0.717) is 17.9 Å². The normalized spacial score (nSPS) is 10.0. The summed E-state index contributed by atoms with van der Waals surface area (Å²) < 4.78 is 6.41. The van der Waals surface area contributed by atoms with Crippen molar-refractivity contribution in [3.63, 3.8) is 0 Å². The molecule has 0 atom stereocenters. The molecule has 0 aliphatic carbocycles. The third-order valence-electron chi connectivity index (χ3n) is 2.14. The quantitative estimate of drug-likeness (QED) is 0.723. The average Bonchev–Trinajstić information content (AvgIpc) is 2.62. The van der Waals surface area contributed by atoms with Crippen LogP contribution in [0.4, 0.5) is 5.69 Å². The molecule has 3 N–H and O–H groups in total. The number of esters is 1. The molecule has 0 aromatic carbocycles. The molecule has 94 valence electrons. The Hall–Kier alpha value is -1.98. The number of hydrogen-bond donors (Lipinski definition) is 2. The van der Waals surface area contributed by atoms with E-state index in [0.717, 1.165) is 6.42 Å². The van der Waals surface area contributed by atoms with Gasteiger partial charge in [0.2, 0.25) is 0 Å². The largest absolute Gasteiger partial charge is 0.451 e. The van der Waals surface area contributed by atoms with Gasteiger partial charge in [-0.05, 0) is 12.5 Å². The number of hydrogen-bond acceptors (Lipinski definition) is 4. The van der Waals surface area contributed by atoms with Crippen LogP contribution >= 0.6 is 0 Å². The van der Waals surface area contributed by atoms with E-state index in [9.17, 15) is 9.59 Å². The van der Waals surface area contributed by atoms with Gasteiger partial charge >= 0.3 is 5.97 Å². The number of ether oxygens (including phenoxy) is 1. The second-order valence-electron chi connectivity index (χ2n) is 3.70. The maximum absolute atomic E-state index is 11.6. The van der Waals surface area contributed by atoms with Gasteiger partial charge in [0, 0.05) is 19.8 Å². The molecule has 0 radical (unpaired) electrons. The monoisotopic (exact) mass is 239 g/mol. The van der Waals surface area contributed by atoms with Gasteiger partial charge in [-0.3, -0.25) is 4.79 Å². The van der Waals surface area contributed by atoms with Crippen LogP contribution in [0.3, 0.4) is 0 Å². The number of nitrogen functional groups attached to an aromatic ring is 1. The Labute approximate surface area is 99.7 Å². The highest BCUT2D eigenvalue weighted by atomic mass is 16.5. The van der Waals surface area contributed by atoms with Gasteiger partial charge in [-0.1, -0.05) is 6.92 Å². The minimum absolute atomic E-state index is 0.274. The number of amides is 1. The van der Waals surface area contributed by atoms with E-state index in [1.54, 1.807) is 17.8 Å². The molecule has 0 aliphatic heterocycles. The topological polar surface area (TPSA) is 86.3 Å². The van der Waals surface area contributed by atoms with Gasteiger partial charge in [0.1, 0.15) is 5.69 Å². The van der Waals surface area contributed by atoms with Crippen LogP contribution < -0.4 is 11.1 Å². The summed E-state index contributed by atoms with van der Waals surface area (Å²) in [5.41, 5.74) is 6.34. The van der Waals surface area contributed by atoms with Gasteiger partial charge in [0.05, 0.1) is 5.69 Å². The van der Waals surface area contributed by atoms with Gasteiger partial charge in [-0.15, -0.1) is 0 Å². The number of aryl methyl sites for hydroxylation is 1. The molecule has 0 saturated heterocycles. The van der Waals surface area contributed by atoms with Crippen molar-refractivity contribution in [3.05, 3.63) is 18.0 Å². The summed E-state index contributed by atoms with van der Waals surface area (Å²) in [6, 6.07) is 1.51. The summed E-state index contributed by atoms with van der Waals surface area (Å²) in [5, 5.41) is 2.61. The Balaban J connectivity index is 2.45. The van der Waals surface area contributed by atoms with Crippen molar-refractivity contribution < 1.29 is 14.3 Å². The SMILES string of the molecule is CCCNC(=O)COC(=O)c1cc(N)cn1C. The van der Waals surface area contributed by atoms with Crippen molar-refractivity contribution >= 4 is 17.6 Å². The van der Waals surface area contributed by atoms with Crippen LogP contribution in [0, 0.1) is 0 Å². The van der Waals surface area contributed by atoms with Crippen LogP contribution in [-0.4, -0.2) is 29.6 Å². The predicted octanol–water partition coefficient (Wildman–Crippen LogP) is 0.290. The molecule has 6 nitrogen and oxygen atoms in total. The van der Waals surface area contributed by atoms with E-state index in [2.05, 4.69) is 5.32 Å². The molecule has 0 spiro atoms. The fraction of sp³-hybridized carbons (Fsp3) is 0.455. The summed E-state index contributed by atoms with van der Waals surface area (Å²) in [6.45, 7) is 2.25. The van der Waals surface area contributed by atoms with Crippen molar-refractivity contribution in [1.82, 2.24) is 9.88 Å². The van der Waals surface area contributed by atoms with E-state index >= 15 is 0 Å². The first-order valence-corrected chi connectivity index (χ1v) is 5.40. The van der Waals surface area contributed by atoms with E-state index in [-0.39, 0.29) is 12.5 Å². The Morgan fingerprint density at radius 2 is 2.24 bits per heavy atom. The van der Waals surface area contributed by atoms with Crippen molar-refractivity contribution in [3.8, 4) is 0 Å². The summed E-state index contributed by atoms with van der Waals surface area (Å²) in [4.78, 5) is 22.8. The molecular formula is C11H17N3O3. The maximum atomic E-state index is 11.6. The standard InChI is InChI=1S/C11H17N3O3/c1-3-4-13-10(15)7-17-11(16)9-5-8(12)6-14(9)2/h5-6H,3-4,7,12H2,1-2H3,(H,13,15). The zero-order chi connectivity index (χ0) is 12.8. The third-order valence-corrected chi connectivity index (χ3v) is 2.14. The van der Waals surface area contributed by atoms with Gasteiger partial charge in [-0.2, -0.15) is 0 Å². The molecule has 0 fully saturated rings. The van der Waals surface area contributed by atoms with Crippen molar-refractivity contribution in [2.75, 3.05) is 18.9 Å². The zero-order valence-electron chi connectivity index (χ0n) is 10.0. The molecule has 1 aromatic rings. The van der Waals surface area contributed by atoms with E-state index in [4.69, 9.17) is 10.5 Å². The first-order valence-electron chi connectivity index (χ1n) is 5.40. The summed E-state index contributed by atoms with van der Waals surface area (Å²) in [6.07, 6.45) is 2.45.